The molecule has 0 bridgehead atoms. The summed E-state index contributed by atoms with van der Waals surface area (Å²) in [5, 5.41) is 28.0. The highest BCUT2D eigenvalue weighted by molar-refractivity contribution is 5.91. The molecule has 1 unspecified atom stereocenters. The standard InChI is InChI=1S/C17H24O5/c1-11(2)5-4-6-12(3)7-8-22-17(21)13-9-14(18)16(20)15(19)10-13/h5,9-10,12,18-20H,4,6-8H2,1-3H3. The summed E-state index contributed by atoms with van der Waals surface area (Å²) in [4.78, 5) is 11.8. The Morgan fingerprint density at radius 2 is 1.77 bits per heavy atom. The van der Waals surface area contributed by atoms with Crippen molar-refractivity contribution in [2.24, 2.45) is 5.92 Å². The normalized spacial score (nSPS) is 11.8. The Bertz CT molecular complexity index is 521. The number of allylic oxidation sites excluding steroid dienone is 2. The van der Waals surface area contributed by atoms with E-state index >= 15 is 0 Å². The van der Waals surface area contributed by atoms with Crippen LogP contribution in [-0.2, 0) is 4.74 Å². The maximum atomic E-state index is 11.8. The zero-order chi connectivity index (χ0) is 16.7. The average molecular weight is 308 g/mol. The van der Waals surface area contributed by atoms with Gasteiger partial charge in [-0.3, -0.25) is 0 Å². The quantitative estimate of drug-likeness (QED) is 0.406. The smallest absolute Gasteiger partial charge is 0.338 e. The number of rotatable bonds is 7. The molecular weight excluding hydrogens is 284 g/mol. The zero-order valence-corrected chi connectivity index (χ0v) is 13.3. The Balaban J connectivity index is 2.42. The summed E-state index contributed by atoms with van der Waals surface area (Å²) >= 11 is 0. The van der Waals surface area contributed by atoms with Gasteiger partial charge in [0.2, 0.25) is 0 Å². The summed E-state index contributed by atoms with van der Waals surface area (Å²) in [5.74, 6) is -1.96. The summed E-state index contributed by atoms with van der Waals surface area (Å²) in [6.45, 7) is 6.51. The zero-order valence-electron chi connectivity index (χ0n) is 13.3. The number of benzene rings is 1. The lowest BCUT2D eigenvalue weighted by Crippen LogP contribution is -2.09. The minimum Gasteiger partial charge on any atom is -0.504 e. The first kappa shape index (κ1) is 17.9. The van der Waals surface area contributed by atoms with Crippen LogP contribution in [0, 0.1) is 5.92 Å². The third kappa shape index (κ3) is 5.68. The van der Waals surface area contributed by atoms with Crippen molar-refractivity contribution in [1.29, 1.82) is 0 Å². The summed E-state index contributed by atoms with van der Waals surface area (Å²) in [6.07, 6.45) is 4.98. The maximum Gasteiger partial charge on any atom is 0.338 e. The minimum absolute atomic E-state index is 0.00462. The van der Waals surface area contributed by atoms with Crippen LogP contribution in [-0.4, -0.2) is 27.9 Å². The average Bonchev–Trinajstić information content (AvgIpc) is 2.43. The van der Waals surface area contributed by atoms with E-state index in [1.165, 1.54) is 5.57 Å². The largest absolute Gasteiger partial charge is 0.504 e. The number of ether oxygens (including phenoxy) is 1. The number of esters is 1. The van der Waals surface area contributed by atoms with E-state index in [0.717, 1.165) is 31.4 Å². The second kappa shape index (κ2) is 8.32. The van der Waals surface area contributed by atoms with E-state index in [0.29, 0.717) is 5.92 Å². The maximum absolute atomic E-state index is 11.8. The first-order chi connectivity index (χ1) is 10.3. The number of phenolic OH excluding ortho intramolecular Hbond substituents is 3. The van der Waals surface area contributed by atoms with E-state index in [9.17, 15) is 20.1 Å². The van der Waals surface area contributed by atoms with Crippen LogP contribution in [0.5, 0.6) is 17.2 Å². The fourth-order valence-electron chi connectivity index (χ4n) is 1.96. The molecule has 0 saturated heterocycles. The van der Waals surface area contributed by atoms with Crippen molar-refractivity contribution < 1.29 is 24.9 Å². The lowest BCUT2D eigenvalue weighted by molar-refractivity contribution is 0.0483. The van der Waals surface area contributed by atoms with Gasteiger partial charge in [-0.15, -0.1) is 0 Å². The van der Waals surface area contributed by atoms with Gasteiger partial charge in [-0.1, -0.05) is 18.6 Å². The molecule has 0 amide bonds. The Hall–Kier alpha value is -2.17. The topological polar surface area (TPSA) is 87.0 Å². The van der Waals surface area contributed by atoms with E-state index in [-0.39, 0.29) is 12.2 Å². The molecule has 1 aromatic carbocycles. The first-order valence-corrected chi connectivity index (χ1v) is 7.36. The number of hydrogen-bond acceptors (Lipinski definition) is 5. The molecule has 1 atom stereocenters. The van der Waals surface area contributed by atoms with Gasteiger partial charge in [-0.05, 0) is 51.2 Å². The summed E-state index contributed by atoms with van der Waals surface area (Å²) in [6, 6.07) is 2.13. The van der Waals surface area contributed by atoms with Gasteiger partial charge in [0.05, 0.1) is 12.2 Å². The summed E-state index contributed by atoms with van der Waals surface area (Å²) < 4.78 is 5.12. The molecule has 0 saturated carbocycles. The highest BCUT2D eigenvalue weighted by atomic mass is 16.5. The number of carbonyl (C=O) groups excluding carboxylic acids is 1. The van der Waals surface area contributed by atoms with Gasteiger partial charge in [-0.2, -0.15) is 0 Å². The van der Waals surface area contributed by atoms with E-state index < -0.39 is 23.2 Å². The second-order valence-corrected chi connectivity index (χ2v) is 5.75. The molecule has 1 aromatic rings. The first-order valence-electron chi connectivity index (χ1n) is 7.36. The molecule has 5 heteroatoms. The monoisotopic (exact) mass is 308 g/mol. The molecule has 0 heterocycles. The molecule has 5 nitrogen and oxygen atoms in total. The molecule has 0 fully saturated rings. The van der Waals surface area contributed by atoms with E-state index in [1.807, 2.05) is 0 Å². The van der Waals surface area contributed by atoms with Crippen LogP contribution in [0.3, 0.4) is 0 Å². The van der Waals surface area contributed by atoms with Gasteiger partial charge >= 0.3 is 5.97 Å². The number of aromatic hydroxyl groups is 3. The van der Waals surface area contributed by atoms with Gasteiger partial charge in [0.15, 0.2) is 17.2 Å². The van der Waals surface area contributed by atoms with Gasteiger partial charge in [0.25, 0.3) is 0 Å². The molecule has 1 rings (SSSR count). The Labute approximate surface area is 130 Å². The van der Waals surface area contributed by atoms with Crippen LogP contribution in [0.25, 0.3) is 0 Å². The highest BCUT2D eigenvalue weighted by Crippen LogP contribution is 2.35. The second-order valence-electron chi connectivity index (χ2n) is 5.75. The Morgan fingerprint density at radius 3 is 2.32 bits per heavy atom. The van der Waals surface area contributed by atoms with E-state index in [1.54, 1.807) is 0 Å². The van der Waals surface area contributed by atoms with E-state index in [4.69, 9.17) is 4.74 Å². The summed E-state index contributed by atoms with van der Waals surface area (Å²) in [5.41, 5.74) is 1.30. The molecule has 22 heavy (non-hydrogen) atoms. The lowest BCUT2D eigenvalue weighted by Gasteiger charge is -2.11. The molecule has 0 aromatic heterocycles. The molecule has 0 aliphatic carbocycles. The van der Waals surface area contributed by atoms with Crippen molar-refractivity contribution in [3.8, 4) is 17.2 Å². The third-order valence-corrected chi connectivity index (χ3v) is 3.36. The molecule has 122 valence electrons. The van der Waals surface area contributed by atoms with Crippen LogP contribution in [0.1, 0.15) is 50.4 Å². The van der Waals surface area contributed by atoms with Gasteiger partial charge < -0.3 is 20.1 Å². The minimum atomic E-state index is -0.649. The van der Waals surface area contributed by atoms with Gasteiger partial charge in [0.1, 0.15) is 0 Å². The van der Waals surface area contributed by atoms with Crippen molar-refractivity contribution in [3.05, 3.63) is 29.3 Å². The predicted molar refractivity (Wildman–Crippen MR) is 84.2 cm³/mol. The lowest BCUT2D eigenvalue weighted by atomic mass is 10.0. The number of carbonyl (C=O) groups is 1. The van der Waals surface area contributed by atoms with Crippen LogP contribution in [0.2, 0.25) is 0 Å². The molecule has 0 aliphatic heterocycles. The molecule has 0 radical (unpaired) electrons. The fourth-order valence-corrected chi connectivity index (χ4v) is 1.96. The van der Waals surface area contributed by atoms with Crippen LogP contribution < -0.4 is 0 Å². The molecule has 0 spiro atoms. The Morgan fingerprint density at radius 1 is 1.18 bits per heavy atom. The molecule has 3 N–H and O–H groups in total. The molecule has 0 aliphatic rings. The van der Waals surface area contributed by atoms with Crippen LogP contribution >= 0.6 is 0 Å². The van der Waals surface area contributed by atoms with Gasteiger partial charge in [-0.25, -0.2) is 4.79 Å². The van der Waals surface area contributed by atoms with Crippen molar-refractivity contribution >= 4 is 5.97 Å². The third-order valence-electron chi connectivity index (χ3n) is 3.36. The number of phenols is 3. The predicted octanol–water partition coefficient (Wildman–Crippen LogP) is 3.73. The molecular formula is C17H24O5. The Kier molecular flexibility index (Phi) is 6.76. The van der Waals surface area contributed by atoms with Crippen LogP contribution in [0.15, 0.2) is 23.8 Å². The van der Waals surface area contributed by atoms with E-state index in [2.05, 4.69) is 26.8 Å². The van der Waals surface area contributed by atoms with Crippen molar-refractivity contribution in [3.63, 3.8) is 0 Å². The van der Waals surface area contributed by atoms with Gasteiger partial charge in [0, 0.05) is 0 Å². The highest BCUT2D eigenvalue weighted by Gasteiger charge is 2.14. The summed E-state index contributed by atoms with van der Waals surface area (Å²) in [7, 11) is 0. The van der Waals surface area contributed by atoms with Crippen LogP contribution in [0.4, 0.5) is 0 Å². The van der Waals surface area contributed by atoms with Crippen molar-refractivity contribution in [1.82, 2.24) is 0 Å². The van der Waals surface area contributed by atoms with Crippen molar-refractivity contribution in [2.75, 3.05) is 6.61 Å². The van der Waals surface area contributed by atoms with Crippen molar-refractivity contribution in [2.45, 2.75) is 40.0 Å². The number of hydrogen-bond donors (Lipinski definition) is 3. The fraction of sp³-hybridized carbons (Fsp3) is 0.471. The SMILES string of the molecule is CC(C)=CCCC(C)CCOC(=O)c1cc(O)c(O)c(O)c1.